The van der Waals surface area contributed by atoms with Crippen LogP contribution in [0.5, 0.6) is 0 Å². The van der Waals surface area contributed by atoms with Crippen molar-refractivity contribution in [1.82, 2.24) is 0 Å². The van der Waals surface area contributed by atoms with Crippen LogP contribution in [0.1, 0.15) is 22.3 Å². The Bertz CT molecular complexity index is 800. The van der Waals surface area contributed by atoms with Crippen molar-refractivity contribution in [1.29, 1.82) is 0 Å². The number of rotatable bonds is 2. The van der Waals surface area contributed by atoms with Crippen molar-refractivity contribution >= 4 is 28.0 Å². The topological polar surface area (TPSA) is 50.9 Å². The minimum Gasteiger partial charge on any atom is -0.478 e. The van der Waals surface area contributed by atoms with E-state index in [1.54, 1.807) is 24.3 Å². The summed E-state index contributed by atoms with van der Waals surface area (Å²) in [5, 5.41) is 10.9. The quantitative estimate of drug-likeness (QED) is 0.848. The Morgan fingerprint density at radius 3 is 2.76 bits per heavy atom. The normalized spacial score (nSPS) is 14.5. The van der Waals surface area contributed by atoms with Gasteiger partial charge in [-0.15, -0.1) is 0 Å². The molecule has 4 nitrogen and oxygen atoms in total. The second-order valence-electron chi connectivity index (χ2n) is 4.87. The van der Waals surface area contributed by atoms with E-state index < -0.39 is 5.97 Å². The Morgan fingerprint density at radius 2 is 2.10 bits per heavy atom. The van der Waals surface area contributed by atoms with Gasteiger partial charge in [-0.05, 0) is 34.9 Å². The minimum atomic E-state index is -0.961. The van der Waals surface area contributed by atoms with Gasteiger partial charge in [0.05, 0.1) is 25.3 Å². The van der Waals surface area contributed by atoms with Gasteiger partial charge in [0.2, 0.25) is 0 Å². The van der Waals surface area contributed by atoms with Crippen molar-refractivity contribution in [3.63, 3.8) is 0 Å². The summed E-state index contributed by atoms with van der Waals surface area (Å²) in [5.41, 5.74) is 2.69. The lowest BCUT2D eigenvalue weighted by Gasteiger charge is -2.17. The van der Waals surface area contributed by atoms with Crippen LogP contribution in [-0.2, 0) is 4.74 Å². The van der Waals surface area contributed by atoms with Gasteiger partial charge in [0.25, 0.3) is 0 Å². The third-order valence-electron chi connectivity index (χ3n) is 3.65. The van der Waals surface area contributed by atoms with Gasteiger partial charge < -0.3 is 9.84 Å². The van der Waals surface area contributed by atoms with Crippen molar-refractivity contribution < 1.29 is 14.6 Å². The van der Waals surface area contributed by atoms with Crippen LogP contribution in [0.25, 0.3) is 21.2 Å². The predicted octanol–water partition coefficient (Wildman–Crippen LogP) is 3.89. The van der Waals surface area contributed by atoms with Gasteiger partial charge in [0, 0.05) is 0 Å². The number of benzene rings is 2. The zero-order valence-electron chi connectivity index (χ0n) is 11.3. The van der Waals surface area contributed by atoms with E-state index in [0.29, 0.717) is 18.9 Å². The molecule has 1 aliphatic rings. The van der Waals surface area contributed by atoms with E-state index in [9.17, 15) is 9.90 Å². The van der Waals surface area contributed by atoms with Crippen LogP contribution in [0.2, 0.25) is 0 Å². The summed E-state index contributed by atoms with van der Waals surface area (Å²) in [6.07, 6.45) is 2.71. The Labute approximate surface area is 122 Å². The Hall–Kier alpha value is -2.64. The van der Waals surface area contributed by atoms with Gasteiger partial charge in [0.1, 0.15) is 0 Å². The summed E-state index contributed by atoms with van der Waals surface area (Å²) in [7, 11) is 0. The number of hydrogen-bond acceptors (Lipinski definition) is 2. The molecule has 0 aromatic heterocycles. The fourth-order valence-corrected chi connectivity index (χ4v) is 2.63. The molecule has 0 atom stereocenters. The van der Waals surface area contributed by atoms with Gasteiger partial charge >= 0.3 is 5.97 Å². The first-order chi connectivity index (χ1) is 10.2. The number of carboxylic acids is 1. The highest BCUT2D eigenvalue weighted by atomic mass is 16.5. The maximum atomic E-state index is 11.2. The second-order valence-corrected chi connectivity index (χ2v) is 4.87. The summed E-state index contributed by atoms with van der Waals surface area (Å²) < 4.78 is 5.32. The minimum absolute atomic E-state index is 0.235. The Kier molecular flexibility index (Phi) is 3.43. The van der Waals surface area contributed by atoms with Gasteiger partial charge in [-0.2, -0.15) is 0 Å². The fourth-order valence-electron chi connectivity index (χ4n) is 2.63. The first-order valence-corrected chi connectivity index (χ1v) is 6.65. The van der Waals surface area contributed by atoms with Crippen LogP contribution >= 0.6 is 0 Å². The molecule has 1 aliphatic heterocycles. The average Bonchev–Trinajstić information content (AvgIpc) is 2.53. The van der Waals surface area contributed by atoms with E-state index in [1.165, 1.54) is 0 Å². The molecular formula is C17H13NO3. The van der Waals surface area contributed by atoms with Crippen molar-refractivity contribution in [3.05, 3.63) is 59.0 Å². The molecule has 3 rings (SSSR count). The molecule has 104 valence electrons. The number of fused-ring (bicyclic) bond motifs is 1. The molecule has 0 saturated carbocycles. The van der Waals surface area contributed by atoms with Gasteiger partial charge in [0.15, 0.2) is 5.69 Å². The summed E-state index contributed by atoms with van der Waals surface area (Å²) in [6.45, 7) is 8.52. The molecular weight excluding hydrogens is 266 g/mol. The number of carbonyl (C=O) groups is 1. The van der Waals surface area contributed by atoms with E-state index in [0.717, 1.165) is 28.3 Å². The molecule has 0 bridgehead atoms. The van der Waals surface area contributed by atoms with Crippen LogP contribution in [0.4, 0.5) is 5.69 Å². The summed E-state index contributed by atoms with van der Waals surface area (Å²) in [4.78, 5) is 14.8. The van der Waals surface area contributed by atoms with Gasteiger partial charge in [-0.25, -0.2) is 9.64 Å². The van der Waals surface area contributed by atoms with E-state index in [-0.39, 0.29) is 5.56 Å². The maximum absolute atomic E-state index is 11.2. The smallest absolute Gasteiger partial charge is 0.335 e. The molecule has 0 radical (unpaired) electrons. The molecule has 2 aromatic rings. The third-order valence-corrected chi connectivity index (χ3v) is 3.65. The molecule has 0 unspecified atom stereocenters. The fraction of sp³-hybridized carbons (Fsp3) is 0.176. The molecule has 0 aliphatic carbocycles. The van der Waals surface area contributed by atoms with Crippen molar-refractivity contribution in [2.24, 2.45) is 0 Å². The highest BCUT2D eigenvalue weighted by Gasteiger charge is 2.15. The monoisotopic (exact) mass is 279 g/mol. The largest absolute Gasteiger partial charge is 0.478 e. The highest BCUT2D eigenvalue weighted by molar-refractivity contribution is 6.03. The molecule has 0 fully saturated rings. The number of ether oxygens (including phenoxy) is 1. The summed E-state index contributed by atoms with van der Waals surface area (Å²) >= 11 is 0. The van der Waals surface area contributed by atoms with Gasteiger partial charge in [-0.3, -0.25) is 0 Å². The van der Waals surface area contributed by atoms with E-state index in [1.807, 2.05) is 12.1 Å². The van der Waals surface area contributed by atoms with Crippen LogP contribution in [-0.4, -0.2) is 24.3 Å². The molecule has 2 aromatic carbocycles. The lowest BCUT2D eigenvalue weighted by molar-refractivity contribution is 0.0697. The summed E-state index contributed by atoms with van der Waals surface area (Å²) in [5.74, 6) is -0.961. The number of carboxylic acid groups (broad SMARTS) is 1. The van der Waals surface area contributed by atoms with Crippen LogP contribution in [0, 0.1) is 6.57 Å². The number of hydrogen-bond donors (Lipinski definition) is 1. The average molecular weight is 279 g/mol. The Balaban J connectivity index is 2.32. The lowest BCUT2D eigenvalue weighted by atomic mass is 9.92. The molecule has 4 heteroatoms. The maximum Gasteiger partial charge on any atom is 0.335 e. The number of nitrogens with zero attached hydrogens (tertiary/aromatic N) is 1. The van der Waals surface area contributed by atoms with E-state index in [4.69, 9.17) is 11.3 Å². The first-order valence-electron chi connectivity index (χ1n) is 6.65. The molecule has 1 heterocycles. The van der Waals surface area contributed by atoms with E-state index >= 15 is 0 Å². The molecule has 0 amide bonds. The van der Waals surface area contributed by atoms with Crippen molar-refractivity contribution in [2.45, 2.75) is 6.42 Å². The van der Waals surface area contributed by atoms with E-state index in [2.05, 4.69) is 4.85 Å². The van der Waals surface area contributed by atoms with Crippen molar-refractivity contribution in [2.75, 3.05) is 13.2 Å². The van der Waals surface area contributed by atoms with Gasteiger partial charge in [-0.1, -0.05) is 29.8 Å². The molecule has 21 heavy (non-hydrogen) atoms. The van der Waals surface area contributed by atoms with Crippen LogP contribution in [0.3, 0.4) is 0 Å². The first kappa shape index (κ1) is 13.3. The second kappa shape index (κ2) is 5.39. The predicted molar refractivity (Wildman–Crippen MR) is 80.6 cm³/mol. The van der Waals surface area contributed by atoms with Crippen LogP contribution in [0.15, 0.2) is 36.4 Å². The zero-order chi connectivity index (χ0) is 14.8. The van der Waals surface area contributed by atoms with Crippen LogP contribution < -0.4 is 0 Å². The third kappa shape index (κ3) is 2.39. The molecule has 0 saturated heterocycles. The Morgan fingerprint density at radius 1 is 1.29 bits per heavy atom. The lowest BCUT2D eigenvalue weighted by Crippen LogP contribution is -2.04. The zero-order valence-corrected chi connectivity index (χ0v) is 11.3. The molecule has 1 N–H and O–H groups in total. The highest BCUT2D eigenvalue weighted by Crippen LogP contribution is 2.37. The SMILES string of the molecule is [C-]#[N+]c1ccc2ccc(C(=O)O)cc2c1C1=CCOCC1. The number of aromatic carboxylic acids is 1. The summed E-state index contributed by atoms with van der Waals surface area (Å²) in [6, 6.07) is 8.68. The standard InChI is InChI=1S/C17H13NO3/c1-18-15-5-4-11-2-3-13(17(19)20)10-14(11)16(15)12-6-8-21-9-7-12/h2-6,10H,7-9H2,(H,19,20). The van der Waals surface area contributed by atoms with Crippen molar-refractivity contribution in [3.8, 4) is 0 Å². The molecule has 0 spiro atoms.